The molecule has 194 valence electrons. The van der Waals surface area contributed by atoms with Gasteiger partial charge in [0.2, 0.25) is 0 Å². The second-order valence-electron chi connectivity index (χ2n) is 9.85. The van der Waals surface area contributed by atoms with E-state index in [1.165, 1.54) is 12.1 Å². The molecule has 8 nitrogen and oxygen atoms in total. The molecule has 0 unspecified atom stereocenters. The van der Waals surface area contributed by atoms with Gasteiger partial charge in [-0.3, -0.25) is 15.0 Å². The normalized spacial score (nSPS) is 14.1. The summed E-state index contributed by atoms with van der Waals surface area (Å²) < 4.78 is 23.1. The van der Waals surface area contributed by atoms with Gasteiger partial charge in [-0.15, -0.1) is 0 Å². The summed E-state index contributed by atoms with van der Waals surface area (Å²) in [5, 5.41) is 10.8. The van der Waals surface area contributed by atoms with Crippen molar-refractivity contribution in [2.45, 2.75) is 32.1 Å². The summed E-state index contributed by atoms with van der Waals surface area (Å²) in [5.41, 5.74) is 1.49. The fourth-order valence-corrected chi connectivity index (χ4v) is 4.22. The molecule has 9 heteroatoms. The Kier molecular flexibility index (Phi) is 10.8. The molecule has 0 aromatic heterocycles. The van der Waals surface area contributed by atoms with Crippen LogP contribution in [0.2, 0.25) is 25.7 Å². The lowest BCUT2D eigenvalue weighted by Gasteiger charge is -2.26. The molecule has 1 fully saturated rings. The van der Waals surface area contributed by atoms with E-state index in [1.807, 2.05) is 18.2 Å². The van der Waals surface area contributed by atoms with Crippen LogP contribution in [-0.2, 0) is 9.47 Å². The number of nitro benzene ring substituents is 1. The minimum Gasteiger partial charge on any atom is -0.490 e. The molecule has 0 amide bonds. The first-order chi connectivity index (χ1) is 17.3. The van der Waals surface area contributed by atoms with Crippen LogP contribution in [0.15, 0.2) is 42.5 Å². The SMILES string of the molecule is C[Si](C)(C)CCOCOc1cc(C#Cc2ccc([N+](=O)[O-])cc2)ccc1OCCCN1CCOCC1. The molecular weight excluding hydrogens is 476 g/mol. The largest absolute Gasteiger partial charge is 0.490 e. The summed E-state index contributed by atoms with van der Waals surface area (Å²) in [7, 11) is -1.17. The number of hydrogen-bond acceptors (Lipinski definition) is 7. The second kappa shape index (κ2) is 14.0. The molecular formula is C27H36N2O6Si. The highest BCUT2D eigenvalue weighted by Gasteiger charge is 2.13. The zero-order valence-corrected chi connectivity index (χ0v) is 22.5. The summed E-state index contributed by atoms with van der Waals surface area (Å²) in [5.74, 6) is 7.39. The maximum Gasteiger partial charge on any atom is 0.269 e. The van der Waals surface area contributed by atoms with Crippen molar-refractivity contribution >= 4 is 13.8 Å². The Morgan fingerprint density at radius 1 is 0.972 bits per heavy atom. The molecule has 0 atom stereocenters. The van der Waals surface area contributed by atoms with Gasteiger partial charge < -0.3 is 18.9 Å². The Morgan fingerprint density at radius 3 is 2.36 bits per heavy atom. The Balaban J connectivity index is 1.62. The molecule has 0 saturated carbocycles. The van der Waals surface area contributed by atoms with Crippen LogP contribution in [-0.4, -0.2) is 70.8 Å². The predicted octanol–water partition coefficient (Wildman–Crippen LogP) is 4.79. The van der Waals surface area contributed by atoms with Crippen molar-refractivity contribution in [3.63, 3.8) is 0 Å². The number of morpholine rings is 1. The van der Waals surface area contributed by atoms with Crippen LogP contribution in [0.3, 0.4) is 0 Å². The molecule has 1 heterocycles. The van der Waals surface area contributed by atoms with E-state index in [4.69, 9.17) is 18.9 Å². The van der Waals surface area contributed by atoms with Gasteiger partial charge in [-0.2, -0.15) is 0 Å². The third kappa shape index (κ3) is 9.99. The molecule has 2 aromatic rings. The molecule has 0 spiro atoms. The van der Waals surface area contributed by atoms with Crippen molar-refractivity contribution < 1.29 is 23.9 Å². The molecule has 0 bridgehead atoms. The summed E-state index contributed by atoms with van der Waals surface area (Å²) >= 11 is 0. The number of hydrogen-bond donors (Lipinski definition) is 0. The van der Waals surface area contributed by atoms with Gasteiger partial charge in [0.05, 0.1) is 24.7 Å². The molecule has 1 aliphatic rings. The highest BCUT2D eigenvalue weighted by Crippen LogP contribution is 2.28. The summed E-state index contributed by atoms with van der Waals surface area (Å²) in [4.78, 5) is 12.8. The van der Waals surface area contributed by atoms with Crippen LogP contribution in [0.1, 0.15) is 17.5 Å². The fraction of sp³-hybridized carbons (Fsp3) is 0.481. The van der Waals surface area contributed by atoms with Crippen molar-refractivity contribution in [1.82, 2.24) is 4.90 Å². The minimum atomic E-state index is -1.17. The second-order valence-corrected chi connectivity index (χ2v) is 15.5. The third-order valence-electron chi connectivity index (χ3n) is 5.65. The zero-order valence-electron chi connectivity index (χ0n) is 21.5. The highest BCUT2D eigenvalue weighted by molar-refractivity contribution is 6.76. The lowest BCUT2D eigenvalue weighted by atomic mass is 10.1. The van der Waals surface area contributed by atoms with Crippen molar-refractivity contribution in [3.8, 4) is 23.3 Å². The van der Waals surface area contributed by atoms with E-state index in [-0.39, 0.29) is 12.5 Å². The average Bonchev–Trinajstić information content (AvgIpc) is 2.86. The Bertz CT molecular complexity index is 1040. The van der Waals surface area contributed by atoms with Gasteiger partial charge in [-0.05, 0) is 42.8 Å². The molecule has 0 N–H and O–H groups in total. The Hall–Kier alpha value is -2.90. The molecule has 0 aliphatic carbocycles. The first kappa shape index (κ1) is 27.7. The molecule has 1 aliphatic heterocycles. The first-order valence-electron chi connectivity index (χ1n) is 12.3. The van der Waals surface area contributed by atoms with Gasteiger partial charge in [0.15, 0.2) is 18.3 Å². The van der Waals surface area contributed by atoms with E-state index in [0.717, 1.165) is 50.9 Å². The number of nitro groups is 1. The van der Waals surface area contributed by atoms with E-state index >= 15 is 0 Å². The summed E-state index contributed by atoms with van der Waals surface area (Å²) in [6.07, 6.45) is 0.911. The van der Waals surface area contributed by atoms with Crippen LogP contribution in [0, 0.1) is 22.0 Å². The monoisotopic (exact) mass is 512 g/mol. The van der Waals surface area contributed by atoms with Gasteiger partial charge in [0.1, 0.15) is 0 Å². The van der Waals surface area contributed by atoms with E-state index < -0.39 is 13.0 Å². The maximum atomic E-state index is 10.8. The number of benzene rings is 2. The summed E-state index contributed by atoms with van der Waals surface area (Å²) in [6, 6.07) is 12.8. The lowest BCUT2D eigenvalue weighted by molar-refractivity contribution is -0.384. The van der Waals surface area contributed by atoms with Crippen molar-refractivity contribution in [2.75, 3.05) is 52.9 Å². The van der Waals surface area contributed by atoms with E-state index in [1.54, 1.807) is 12.1 Å². The molecule has 3 rings (SSSR count). The molecule has 36 heavy (non-hydrogen) atoms. The molecule has 1 saturated heterocycles. The van der Waals surface area contributed by atoms with Gasteiger partial charge in [-0.25, -0.2) is 0 Å². The third-order valence-corrected chi connectivity index (χ3v) is 7.35. The van der Waals surface area contributed by atoms with Crippen LogP contribution < -0.4 is 9.47 Å². The van der Waals surface area contributed by atoms with Gasteiger partial charge in [0, 0.05) is 57.6 Å². The minimum absolute atomic E-state index is 0.0421. The van der Waals surface area contributed by atoms with E-state index in [2.05, 4.69) is 36.4 Å². The Morgan fingerprint density at radius 2 is 1.67 bits per heavy atom. The smallest absolute Gasteiger partial charge is 0.269 e. The average molecular weight is 513 g/mol. The molecule has 2 aromatic carbocycles. The zero-order chi connectivity index (χ0) is 25.8. The van der Waals surface area contributed by atoms with Crippen molar-refractivity contribution in [1.29, 1.82) is 0 Å². The lowest BCUT2D eigenvalue weighted by Crippen LogP contribution is -2.37. The predicted molar refractivity (Wildman–Crippen MR) is 142 cm³/mol. The number of ether oxygens (including phenoxy) is 4. The van der Waals surface area contributed by atoms with Crippen LogP contribution in [0.4, 0.5) is 5.69 Å². The van der Waals surface area contributed by atoms with Gasteiger partial charge >= 0.3 is 0 Å². The quantitative estimate of drug-likeness (QED) is 0.101. The van der Waals surface area contributed by atoms with Gasteiger partial charge in [0.25, 0.3) is 5.69 Å². The van der Waals surface area contributed by atoms with Gasteiger partial charge in [-0.1, -0.05) is 31.5 Å². The van der Waals surface area contributed by atoms with Crippen LogP contribution >= 0.6 is 0 Å². The maximum absolute atomic E-state index is 10.8. The number of nitrogens with zero attached hydrogens (tertiary/aromatic N) is 2. The van der Waals surface area contributed by atoms with Crippen LogP contribution in [0.25, 0.3) is 0 Å². The van der Waals surface area contributed by atoms with Crippen molar-refractivity contribution in [3.05, 3.63) is 63.7 Å². The first-order valence-corrected chi connectivity index (χ1v) is 16.0. The topological polar surface area (TPSA) is 83.3 Å². The highest BCUT2D eigenvalue weighted by atomic mass is 28.3. The Labute approximate surface area is 214 Å². The number of non-ortho nitro benzene ring substituents is 1. The van der Waals surface area contributed by atoms with E-state index in [0.29, 0.717) is 30.3 Å². The standard InChI is InChI=1S/C27H36N2O6Si/c1-36(2,3)20-19-33-22-35-27-21-24(6-5-23-7-10-25(11-8-23)29(30)31)9-12-26(27)34-16-4-13-28-14-17-32-18-15-28/h7-12,21H,4,13-20,22H2,1-3H3. The van der Waals surface area contributed by atoms with Crippen LogP contribution in [0.5, 0.6) is 11.5 Å². The number of rotatable bonds is 12. The fourth-order valence-electron chi connectivity index (χ4n) is 3.47. The van der Waals surface area contributed by atoms with E-state index in [9.17, 15) is 10.1 Å². The summed E-state index contributed by atoms with van der Waals surface area (Å²) in [6.45, 7) is 12.8. The van der Waals surface area contributed by atoms with Crippen molar-refractivity contribution in [2.24, 2.45) is 0 Å². The molecule has 0 radical (unpaired) electrons.